The number of rotatable bonds is 5. The van der Waals surface area contributed by atoms with Crippen molar-refractivity contribution >= 4 is 5.96 Å². The summed E-state index contributed by atoms with van der Waals surface area (Å²) < 4.78 is 0. The molecule has 2 heterocycles. The Hall–Kier alpha value is -0.770. The number of hydrogen-bond acceptors (Lipinski definition) is 2. The van der Waals surface area contributed by atoms with Crippen molar-refractivity contribution in [3.05, 3.63) is 0 Å². The lowest BCUT2D eigenvalue weighted by Gasteiger charge is -2.34. The van der Waals surface area contributed by atoms with Crippen LogP contribution in [0.3, 0.4) is 0 Å². The van der Waals surface area contributed by atoms with Crippen LogP contribution in [0.2, 0.25) is 0 Å². The highest BCUT2D eigenvalue weighted by molar-refractivity contribution is 5.79. The minimum atomic E-state index is 0.796. The van der Waals surface area contributed by atoms with Crippen LogP contribution in [-0.4, -0.2) is 61.6 Å². The van der Waals surface area contributed by atoms with E-state index in [-0.39, 0.29) is 0 Å². The number of nitrogens with zero attached hydrogens (tertiary/aromatic N) is 3. The van der Waals surface area contributed by atoms with Gasteiger partial charge in [-0.15, -0.1) is 0 Å². The summed E-state index contributed by atoms with van der Waals surface area (Å²) in [6.07, 6.45) is 9.34. The maximum absolute atomic E-state index is 4.46. The molecule has 0 aromatic carbocycles. The van der Waals surface area contributed by atoms with Gasteiger partial charge in [-0.3, -0.25) is 4.99 Å². The van der Waals surface area contributed by atoms with Crippen LogP contribution < -0.4 is 5.32 Å². The van der Waals surface area contributed by atoms with Gasteiger partial charge in [-0.05, 0) is 64.5 Å². The summed E-state index contributed by atoms with van der Waals surface area (Å²) in [5, 5.41) is 3.56. The molecular formula is C18H36N4. The molecule has 22 heavy (non-hydrogen) atoms. The zero-order valence-corrected chi connectivity index (χ0v) is 15.0. The predicted octanol–water partition coefficient (Wildman–Crippen LogP) is 2.95. The topological polar surface area (TPSA) is 30.9 Å². The number of aliphatic imine (C=N–C) groups is 1. The van der Waals surface area contributed by atoms with Crippen LogP contribution in [0.1, 0.15) is 58.8 Å². The van der Waals surface area contributed by atoms with Crippen molar-refractivity contribution in [2.75, 3.05) is 39.8 Å². The third kappa shape index (κ3) is 5.45. The van der Waals surface area contributed by atoms with E-state index in [0.717, 1.165) is 37.6 Å². The zero-order chi connectivity index (χ0) is 15.8. The minimum Gasteiger partial charge on any atom is -0.356 e. The first kappa shape index (κ1) is 17.6. The van der Waals surface area contributed by atoms with E-state index in [1.165, 1.54) is 58.0 Å². The first-order valence-corrected chi connectivity index (χ1v) is 9.40. The fourth-order valence-corrected chi connectivity index (χ4v) is 3.68. The molecule has 0 radical (unpaired) electrons. The van der Waals surface area contributed by atoms with Crippen LogP contribution in [0.4, 0.5) is 0 Å². The lowest BCUT2D eigenvalue weighted by atomic mass is 10.00. The molecule has 0 saturated carbocycles. The van der Waals surface area contributed by atoms with Gasteiger partial charge in [0.15, 0.2) is 5.96 Å². The molecular weight excluding hydrogens is 272 g/mol. The Kier molecular flexibility index (Phi) is 7.50. The van der Waals surface area contributed by atoms with Gasteiger partial charge in [0.2, 0.25) is 0 Å². The van der Waals surface area contributed by atoms with Gasteiger partial charge in [-0.1, -0.05) is 13.3 Å². The highest BCUT2D eigenvalue weighted by Gasteiger charge is 2.19. The molecule has 1 N–H and O–H groups in total. The highest BCUT2D eigenvalue weighted by atomic mass is 15.3. The summed E-state index contributed by atoms with van der Waals surface area (Å²) in [5.74, 6) is 1.99. The number of guanidine groups is 1. The number of unbranched alkanes of at least 4 members (excludes halogenated alkanes) is 1. The molecule has 0 aliphatic carbocycles. The lowest BCUT2D eigenvalue weighted by molar-refractivity contribution is 0.158. The molecule has 2 saturated heterocycles. The van der Waals surface area contributed by atoms with E-state index in [9.17, 15) is 0 Å². The van der Waals surface area contributed by atoms with Crippen molar-refractivity contribution < 1.29 is 0 Å². The SMILES string of the molecule is CN=C(NCCCCN1CCCCC1C)N1CCC(C)CC1. The largest absolute Gasteiger partial charge is 0.356 e. The van der Waals surface area contributed by atoms with E-state index in [0.29, 0.717) is 0 Å². The van der Waals surface area contributed by atoms with Crippen molar-refractivity contribution in [3.63, 3.8) is 0 Å². The van der Waals surface area contributed by atoms with E-state index < -0.39 is 0 Å². The van der Waals surface area contributed by atoms with Gasteiger partial charge >= 0.3 is 0 Å². The average molecular weight is 309 g/mol. The second-order valence-electron chi connectivity index (χ2n) is 7.23. The second-order valence-corrected chi connectivity index (χ2v) is 7.23. The first-order valence-electron chi connectivity index (χ1n) is 9.40. The third-order valence-corrected chi connectivity index (χ3v) is 5.39. The molecule has 2 rings (SSSR count). The van der Waals surface area contributed by atoms with Crippen molar-refractivity contribution in [1.29, 1.82) is 0 Å². The molecule has 4 nitrogen and oxygen atoms in total. The third-order valence-electron chi connectivity index (χ3n) is 5.39. The normalized spacial score (nSPS) is 25.5. The minimum absolute atomic E-state index is 0.796. The summed E-state index contributed by atoms with van der Waals surface area (Å²) in [4.78, 5) is 9.55. The summed E-state index contributed by atoms with van der Waals surface area (Å²) in [7, 11) is 1.91. The van der Waals surface area contributed by atoms with Gasteiger partial charge < -0.3 is 15.1 Å². The molecule has 1 atom stereocenters. The smallest absolute Gasteiger partial charge is 0.193 e. The maximum atomic E-state index is 4.46. The van der Waals surface area contributed by atoms with Crippen LogP contribution in [-0.2, 0) is 0 Å². The number of piperidine rings is 2. The van der Waals surface area contributed by atoms with Crippen LogP contribution in [0, 0.1) is 5.92 Å². The first-order chi connectivity index (χ1) is 10.7. The maximum Gasteiger partial charge on any atom is 0.193 e. The van der Waals surface area contributed by atoms with E-state index in [1.807, 2.05) is 7.05 Å². The quantitative estimate of drug-likeness (QED) is 0.481. The van der Waals surface area contributed by atoms with E-state index >= 15 is 0 Å². The van der Waals surface area contributed by atoms with E-state index in [1.54, 1.807) is 0 Å². The fraction of sp³-hybridized carbons (Fsp3) is 0.944. The number of hydrogen-bond donors (Lipinski definition) is 1. The summed E-state index contributed by atoms with van der Waals surface area (Å²) in [5.41, 5.74) is 0. The van der Waals surface area contributed by atoms with Crippen molar-refractivity contribution in [2.24, 2.45) is 10.9 Å². The van der Waals surface area contributed by atoms with E-state index in [2.05, 4.69) is 34.0 Å². The second kappa shape index (κ2) is 9.39. The van der Waals surface area contributed by atoms with Gasteiger partial charge in [0, 0.05) is 32.7 Å². The molecule has 2 aliphatic heterocycles. The summed E-state index contributed by atoms with van der Waals surface area (Å²) in [6.45, 7) is 10.7. The predicted molar refractivity (Wildman–Crippen MR) is 95.5 cm³/mol. The standard InChI is InChI=1S/C18H36N4/c1-16-9-14-22(15-10-16)18(19-3)20-11-5-7-13-21-12-6-4-8-17(21)2/h16-17H,4-15H2,1-3H3,(H,19,20). The van der Waals surface area contributed by atoms with Gasteiger partial charge in [0.25, 0.3) is 0 Å². The highest BCUT2D eigenvalue weighted by Crippen LogP contribution is 2.17. The van der Waals surface area contributed by atoms with Gasteiger partial charge in [-0.25, -0.2) is 0 Å². The Bertz CT molecular complexity index is 334. The molecule has 2 aliphatic rings. The molecule has 0 bridgehead atoms. The Morgan fingerprint density at radius 2 is 1.82 bits per heavy atom. The Morgan fingerprint density at radius 3 is 2.50 bits per heavy atom. The molecule has 0 aromatic rings. The average Bonchev–Trinajstić information content (AvgIpc) is 2.54. The molecule has 1 unspecified atom stereocenters. The Balaban J connectivity index is 1.58. The molecule has 0 spiro atoms. The van der Waals surface area contributed by atoms with Gasteiger partial charge in [0.05, 0.1) is 0 Å². The molecule has 128 valence electrons. The van der Waals surface area contributed by atoms with Crippen LogP contribution in [0.15, 0.2) is 4.99 Å². The number of likely N-dealkylation sites (tertiary alicyclic amines) is 2. The Labute approximate surface area is 137 Å². The lowest BCUT2D eigenvalue weighted by Crippen LogP contribution is -2.45. The van der Waals surface area contributed by atoms with Crippen LogP contribution >= 0.6 is 0 Å². The Morgan fingerprint density at radius 1 is 1.05 bits per heavy atom. The molecule has 0 aromatic heterocycles. The van der Waals surface area contributed by atoms with Gasteiger partial charge in [-0.2, -0.15) is 0 Å². The monoisotopic (exact) mass is 308 g/mol. The molecule has 4 heteroatoms. The molecule has 0 amide bonds. The van der Waals surface area contributed by atoms with Crippen molar-refractivity contribution in [1.82, 2.24) is 15.1 Å². The van der Waals surface area contributed by atoms with E-state index in [4.69, 9.17) is 0 Å². The number of nitrogens with one attached hydrogen (secondary N) is 1. The van der Waals surface area contributed by atoms with Gasteiger partial charge in [0.1, 0.15) is 0 Å². The zero-order valence-electron chi connectivity index (χ0n) is 15.0. The van der Waals surface area contributed by atoms with Crippen molar-refractivity contribution in [2.45, 2.75) is 64.8 Å². The van der Waals surface area contributed by atoms with Crippen LogP contribution in [0.25, 0.3) is 0 Å². The summed E-state index contributed by atoms with van der Waals surface area (Å²) >= 11 is 0. The van der Waals surface area contributed by atoms with Crippen LogP contribution in [0.5, 0.6) is 0 Å². The fourth-order valence-electron chi connectivity index (χ4n) is 3.68. The summed E-state index contributed by atoms with van der Waals surface area (Å²) in [6, 6.07) is 0.796. The molecule has 2 fully saturated rings. The van der Waals surface area contributed by atoms with Crippen molar-refractivity contribution in [3.8, 4) is 0 Å².